The van der Waals surface area contributed by atoms with Gasteiger partial charge in [-0.1, -0.05) is 59.6 Å². The lowest BCUT2D eigenvalue weighted by molar-refractivity contribution is 0.592. The normalized spacial score (nSPS) is 12.4. The topological polar surface area (TPSA) is 12.0 Å². The molecule has 1 N–H and O–H groups in total. The average Bonchev–Trinajstić information content (AvgIpc) is 2.39. The molecule has 0 saturated carbocycles. The van der Waals surface area contributed by atoms with Gasteiger partial charge in [0.05, 0.1) is 0 Å². The number of likely N-dealkylation sites (N-methyl/N-ethyl adjacent to an activating group) is 1. The summed E-state index contributed by atoms with van der Waals surface area (Å²) in [5.74, 6) is 0. The second-order valence-corrected chi connectivity index (χ2v) is 5.04. The van der Waals surface area contributed by atoms with Gasteiger partial charge in [-0.05, 0) is 36.7 Å². The van der Waals surface area contributed by atoms with Gasteiger partial charge in [0.15, 0.2) is 0 Å². The van der Waals surface area contributed by atoms with E-state index in [1.165, 1.54) is 5.56 Å². The smallest absolute Gasteiger partial charge is 0.0453 e. The summed E-state index contributed by atoms with van der Waals surface area (Å²) in [4.78, 5) is 0. The van der Waals surface area contributed by atoms with Crippen molar-refractivity contribution >= 4 is 23.2 Å². The zero-order valence-electron chi connectivity index (χ0n) is 10.2. The second-order valence-electron chi connectivity index (χ2n) is 4.19. The van der Waals surface area contributed by atoms with Crippen LogP contribution in [0.1, 0.15) is 17.2 Å². The van der Waals surface area contributed by atoms with Crippen LogP contribution in [0.25, 0.3) is 0 Å². The number of rotatable bonds is 4. The summed E-state index contributed by atoms with van der Waals surface area (Å²) in [5, 5.41) is 4.71. The molecule has 94 valence electrons. The largest absolute Gasteiger partial charge is 0.313 e. The molecule has 1 unspecified atom stereocenters. The first-order valence-electron chi connectivity index (χ1n) is 5.87. The first kappa shape index (κ1) is 13.4. The Bertz CT molecular complexity index is 511. The van der Waals surface area contributed by atoms with Crippen LogP contribution in [0, 0.1) is 0 Å². The third-order valence-electron chi connectivity index (χ3n) is 2.99. The maximum absolute atomic E-state index is 6.21. The Morgan fingerprint density at radius 2 is 1.78 bits per heavy atom. The van der Waals surface area contributed by atoms with Gasteiger partial charge in [-0.15, -0.1) is 0 Å². The van der Waals surface area contributed by atoms with E-state index < -0.39 is 0 Å². The molecule has 0 aliphatic carbocycles. The van der Waals surface area contributed by atoms with Crippen molar-refractivity contribution in [1.82, 2.24) is 5.32 Å². The molecule has 0 aliphatic rings. The van der Waals surface area contributed by atoms with Gasteiger partial charge >= 0.3 is 0 Å². The minimum Gasteiger partial charge on any atom is -0.313 e. The second kappa shape index (κ2) is 6.24. The highest BCUT2D eigenvalue weighted by Crippen LogP contribution is 2.25. The Labute approximate surface area is 118 Å². The van der Waals surface area contributed by atoms with Crippen molar-refractivity contribution in [1.29, 1.82) is 0 Å². The van der Waals surface area contributed by atoms with Gasteiger partial charge in [-0.2, -0.15) is 0 Å². The van der Waals surface area contributed by atoms with Crippen LogP contribution in [0.3, 0.4) is 0 Å². The van der Waals surface area contributed by atoms with Gasteiger partial charge in [-0.25, -0.2) is 0 Å². The number of benzene rings is 2. The van der Waals surface area contributed by atoms with Gasteiger partial charge in [0, 0.05) is 16.1 Å². The molecule has 1 nitrogen and oxygen atoms in total. The monoisotopic (exact) mass is 279 g/mol. The number of nitrogens with one attached hydrogen (secondary N) is 1. The minimum absolute atomic E-state index is 0.255. The molecule has 3 heteroatoms. The fourth-order valence-corrected chi connectivity index (χ4v) is 2.46. The van der Waals surface area contributed by atoms with Crippen LogP contribution in [0.5, 0.6) is 0 Å². The van der Waals surface area contributed by atoms with Crippen molar-refractivity contribution in [2.75, 3.05) is 7.05 Å². The van der Waals surface area contributed by atoms with Crippen molar-refractivity contribution in [3.63, 3.8) is 0 Å². The first-order valence-corrected chi connectivity index (χ1v) is 6.62. The van der Waals surface area contributed by atoms with Crippen LogP contribution in [0.2, 0.25) is 10.0 Å². The van der Waals surface area contributed by atoms with Gasteiger partial charge in [-0.3, -0.25) is 0 Å². The van der Waals surface area contributed by atoms with Crippen LogP contribution < -0.4 is 5.32 Å². The zero-order valence-corrected chi connectivity index (χ0v) is 11.7. The zero-order chi connectivity index (χ0) is 13.0. The minimum atomic E-state index is 0.255. The van der Waals surface area contributed by atoms with Gasteiger partial charge in [0.1, 0.15) is 0 Å². The molecule has 2 aromatic rings. The standard InChI is InChI=1S/C15H15Cl2N/c1-18-15(11-5-3-2-4-6-11)9-12-7-8-13(16)10-14(12)17/h2-8,10,15,18H,9H2,1H3. The van der Waals surface area contributed by atoms with Crippen LogP contribution in [0.15, 0.2) is 48.5 Å². The number of hydrogen-bond donors (Lipinski definition) is 1. The van der Waals surface area contributed by atoms with Crippen LogP contribution >= 0.6 is 23.2 Å². The molecule has 0 heterocycles. The third kappa shape index (κ3) is 3.26. The summed E-state index contributed by atoms with van der Waals surface area (Å²) in [7, 11) is 1.96. The van der Waals surface area contributed by atoms with Gasteiger partial charge in [0.25, 0.3) is 0 Å². The molecule has 0 fully saturated rings. The van der Waals surface area contributed by atoms with Crippen molar-refractivity contribution in [2.45, 2.75) is 12.5 Å². The molecule has 2 aromatic carbocycles. The van der Waals surface area contributed by atoms with Crippen LogP contribution in [0.4, 0.5) is 0 Å². The molecular formula is C15H15Cl2N. The summed E-state index contributed by atoms with van der Waals surface area (Å²) in [6.07, 6.45) is 0.844. The quantitative estimate of drug-likeness (QED) is 0.869. The maximum Gasteiger partial charge on any atom is 0.0453 e. The van der Waals surface area contributed by atoms with Crippen molar-refractivity contribution in [3.8, 4) is 0 Å². The predicted molar refractivity (Wildman–Crippen MR) is 78.4 cm³/mol. The van der Waals surface area contributed by atoms with Crippen molar-refractivity contribution in [2.24, 2.45) is 0 Å². The molecule has 2 rings (SSSR count). The van der Waals surface area contributed by atoms with E-state index in [1.54, 1.807) is 6.07 Å². The molecule has 0 aliphatic heterocycles. The summed E-state index contributed by atoms with van der Waals surface area (Å²) < 4.78 is 0. The molecule has 0 aromatic heterocycles. The van der Waals surface area contributed by atoms with Gasteiger partial charge in [0.2, 0.25) is 0 Å². The van der Waals surface area contributed by atoms with Crippen LogP contribution in [-0.4, -0.2) is 7.05 Å². The summed E-state index contributed by atoms with van der Waals surface area (Å²) in [6, 6.07) is 16.2. The van der Waals surface area contributed by atoms with E-state index >= 15 is 0 Å². The Hall–Kier alpha value is -1.02. The molecule has 0 spiro atoms. The Morgan fingerprint density at radius 3 is 2.39 bits per heavy atom. The van der Waals surface area contributed by atoms with E-state index in [2.05, 4.69) is 17.4 Å². The first-order chi connectivity index (χ1) is 8.70. The van der Waals surface area contributed by atoms with E-state index in [-0.39, 0.29) is 6.04 Å². The molecule has 1 atom stereocenters. The highest BCUT2D eigenvalue weighted by atomic mass is 35.5. The molecule has 0 radical (unpaired) electrons. The van der Waals surface area contributed by atoms with E-state index in [9.17, 15) is 0 Å². The van der Waals surface area contributed by atoms with E-state index in [0.29, 0.717) is 5.02 Å². The van der Waals surface area contributed by atoms with Crippen LogP contribution in [-0.2, 0) is 6.42 Å². The van der Waals surface area contributed by atoms with Crippen molar-refractivity contribution < 1.29 is 0 Å². The summed E-state index contributed by atoms with van der Waals surface area (Å²) >= 11 is 12.1. The number of hydrogen-bond acceptors (Lipinski definition) is 1. The average molecular weight is 280 g/mol. The lowest BCUT2D eigenvalue weighted by Crippen LogP contribution is -2.18. The van der Waals surface area contributed by atoms with E-state index in [4.69, 9.17) is 23.2 Å². The van der Waals surface area contributed by atoms with E-state index in [1.807, 2.05) is 37.4 Å². The van der Waals surface area contributed by atoms with E-state index in [0.717, 1.165) is 17.0 Å². The Balaban J connectivity index is 2.21. The fraction of sp³-hybridized carbons (Fsp3) is 0.200. The lowest BCUT2D eigenvalue weighted by atomic mass is 9.99. The number of halogens is 2. The van der Waals surface area contributed by atoms with Crippen molar-refractivity contribution in [3.05, 3.63) is 69.7 Å². The highest BCUT2D eigenvalue weighted by Gasteiger charge is 2.11. The summed E-state index contributed by atoms with van der Waals surface area (Å²) in [5.41, 5.74) is 2.36. The fourth-order valence-electron chi connectivity index (χ4n) is 1.98. The molecule has 0 saturated heterocycles. The molecule has 0 amide bonds. The Morgan fingerprint density at radius 1 is 1.06 bits per heavy atom. The highest BCUT2D eigenvalue weighted by molar-refractivity contribution is 6.35. The molecular weight excluding hydrogens is 265 g/mol. The lowest BCUT2D eigenvalue weighted by Gasteiger charge is -2.17. The molecule has 18 heavy (non-hydrogen) atoms. The SMILES string of the molecule is CNC(Cc1ccc(Cl)cc1Cl)c1ccccc1. The maximum atomic E-state index is 6.21. The predicted octanol–water partition coefficient (Wildman–Crippen LogP) is 4.50. The summed E-state index contributed by atoms with van der Waals surface area (Å²) in [6.45, 7) is 0. The Kier molecular flexibility index (Phi) is 4.65. The molecule has 0 bridgehead atoms. The third-order valence-corrected chi connectivity index (χ3v) is 3.58. The van der Waals surface area contributed by atoms with Gasteiger partial charge < -0.3 is 5.32 Å².